The molecule has 0 fully saturated rings. The van der Waals surface area contributed by atoms with E-state index >= 15 is 0 Å². The Bertz CT molecular complexity index is 730. The first-order valence-corrected chi connectivity index (χ1v) is 9.06. The van der Waals surface area contributed by atoms with Gasteiger partial charge >= 0.3 is 5.97 Å². The first-order chi connectivity index (χ1) is 13.5. The van der Waals surface area contributed by atoms with E-state index in [1.54, 1.807) is 43.3 Å². The molecule has 30 heavy (non-hydrogen) atoms. The van der Waals surface area contributed by atoms with E-state index in [-0.39, 0.29) is 41.1 Å². The minimum Gasteiger partial charge on any atom is -0.492 e. The van der Waals surface area contributed by atoms with Gasteiger partial charge in [0.25, 0.3) is 0 Å². The number of ether oxygens (including phenoxy) is 1. The van der Waals surface area contributed by atoms with Gasteiger partial charge in [0.15, 0.2) is 0 Å². The summed E-state index contributed by atoms with van der Waals surface area (Å²) in [6, 6.07) is 13.7. The van der Waals surface area contributed by atoms with Crippen molar-refractivity contribution in [3.8, 4) is 5.75 Å². The van der Waals surface area contributed by atoms with Crippen LogP contribution in [-0.4, -0.2) is 32.6 Å². The summed E-state index contributed by atoms with van der Waals surface area (Å²) in [5.41, 5.74) is 2.75. The molecule has 2 aromatic carbocycles. The van der Waals surface area contributed by atoms with Gasteiger partial charge in [0.2, 0.25) is 5.97 Å². The van der Waals surface area contributed by atoms with Crippen LogP contribution in [0.15, 0.2) is 48.5 Å². The number of hydrogen-bond acceptors (Lipinski definition) is 3. The Kier molecular flexibility index (Phi) is 26.0. The number of carbonyl (C=O) groups is 2. The second-order valence-corrected chi connectivity index (χ2v) is 4.84. The second kappa shape index (κ2) is 21.9. The molecule has 0 aromatic heterocycles. The number of aliphatic carboxylic acids is 1. The van der Waals surface area contributed by atoms with Crippen molar-refractivity contribution in [2.45, 2.75) is 41.5 Å². The number of carbonyl (C=O) groups excluding carboxylic acids is 1. The predicted octanol–water partition coefficient (Wildman–Crippen LogP) is 5.76. The van der Waals surface area contributed by atoms with E-state index in [0.717, 1.165) is 5.56 Å². The van der Waals surface area contributed by atoms with Gasteiger partial charge in [-0.15, -0.1) is 12.1 Å². The number of benzene rings is 2. The zero-order chi connectivity index (χ0) is 22.1. The third-order valence-corrected chi connectivity index (χ3v) is 3.08. The predicted molar refractivity (Wildman–Crippen MR) is 118 cm³/mol. The normalized spacial score (nSPS) is 8.73. The summed E-state index contributed by atoms with van der Waals surface area (Å²) in [7, 11) is 0.500. The Hall–Kier alpha value is -1.78. The van der Waals surface area contributed by atoms with Crippen LogP contribution < -0.4 is 4.74 Å². The van der Waals surface area contributed by atoms with E-state index in [1.807, 2.05) is 46.8 Å². The zero-order valence-corrected chi connectivity index (χ0v) is 21.7. The molecule has 0 heterocycles. The number of carboxylic acid groups (broad SMARTS) is 1. The van der Waals surface area contributed by atoms with Crippen molar-refractivity contribution in [2.75, 3.05) is 7.18 Å². The summed E-state index contributed by atoms with van der Waals surface area (Å²) >= 11 is 0. The number of hydrogen-bond donors (Lipinski definition) is 1. The Labute approximate surface area is 207 Å². The number of alkyl halides is 1. The molecule has 4 radical (unpaired) electrons. The van der Waals surface area contributed by atoms with Gasteiger partial charge < -0.3 is 9.84 Å². The molecule has 0 aliphatic rings. The maximum Gasteiger partial charge on any atom is 0.343 e. The van der Waals surface area contributed by atoms with Crippen molar-refractivity contribution in [2.24, 2.45) is 0 Å². The quantitative estimate of drug-likeness (QED) is 0.195. The monoisotopic (exact) mass is 489 g/mol. The summed E-state index contributed by atoms with van der Waals surface area (Å²) < 4.78 is 14.8. The average Bonchev–Trinajstić information content (AvgIpc) is 2.73. The minimum absolute atomic E-state index is 0. The molecule has 0 aliphatic carbocycles. The van der Waals surface area contributed by atoms with Crippen molar-refractivity contribution in [1.29, 1.82) is 0 Å². The molecule has 0 bridgehead atoms. The van der Waals surface area contributed by atoms with E-state index in [4.69, 9.17) is 9.84 Å². The Morgan fingerprint density at radius 1 is 0.867 bits per heavy atom. The van der Waals surface area contributed by atoms with Crippen molar-refractivity contribution in [1.82, 2.24) is 0 Å². The minimum atomic E-state index is -1.12. The fourth-order valence-electron chi connectivity index (χ4n) is 1.86. The topological polar surface area (TPSA) is 63.6 Å². The van der Waals surface area contributed by atoms with Gasteiger partial charge in [-0.1, -0.05) is 52.3 Å². The van der Waals surface area contributed by atoms with E-state index in [0.29, 0.717) is 29.6 Å². The standard InChI is InChI=1S/C18H15O4.2C2H6.CH3F.B.Y/c1-12-3-5-15(6-4-12)18(21)22-16-9-7-14(8-10-16)13(2)11-17(19)20;3*1-2;;/h3-10H,1-2H3,(H,19,20);2*1-2H3;1H3;;/q-1;;;;;. The zero-order valence-electron chi connectivity index (χ0n) is 18.8. The van der Waals surface area contributed by atoms with Crippen LogP contribution in [0.2, 0.25) is 0 Å². The summed E-state index contributed by atoms with van der Waals surface area (Å²) in [6.07, 6.45) is 2.28. The van der Waals surface area contributed by atoms with Crippen molar-refractivity contribution < 1.29 is 56.5 Å². The van der Waals surface area contributed by atoms with E-state index in [9.17, 15) is 14.0 Å². The van der Waals surface area contributed by atoms with Crippen LogP contribution in [0.25, 0.3) is 5.57 Å². The molecule has 0 saturated heterocycles. The Balaban J connectivity index is -0.000000388. The number of aryl methyl sites for hydroxylation is 1. The van der Waals surface area contributed by atoms with Crippen LogP contribution in [-0.2, 0) is 37.5 Å². The van der Waals surface area contributed by atoms with Crippen LogP contribution in [0.5, 0.6) is 5.75 Å². The van der Waals surface area contributed by atoms with Gasteiger partial charge in [0, 0.05) is 41.1 Å². The van der Waals surface area contributed by atoms with Gasteiger partial charge in [-0.3, -0.25) is 9.18 Å². The SMILES string of the molecule is CC.CC.CC(=[C-]C(=O)O)c1ccc(OC(=O)c2ccc(C)cc2)cc1.CF.[B].[Y]. The smallest absolute Gasteiger partial charge is 0.343 e. The van der Waals surface area contributed by atoms with Crippen molar-refractivity contribution >= 4 is 25.9 Å². The average molecular weight is 489 g/mol. The van der Waals surface area contributed by atoms with E-state index in [1.165, 1.54) is 0 Å². The van der Waals surface area contributed by atoms with Crippen LogP contribution in [0, 0.1) is 13.0 Å². The maximum absolute atomic E-state index is 12.0. The van der Waals surface area contributed by atoms with Gasteiger partial charge in [-0.25, -0.2) is 10.4 Å². The molecule has 2 rings (SSSR count). The first-order valence-electron chi connectivity index (χ1n) is 9.06. The molecule has 7 heteroatoms. The van der Waals surface area contributed by atoms with Gasteiger partial charge in [0.05, 0.1) is 12.7 Å². The Morgan fingerprint density at radius 3 is 1.67 bits per heavy atom. The van der Waals surface area contributed by atoms with Crippen LogP contribution in [0.4, 0.5) is 4.39 Å². The molecule has 0 unspecified atom stereocenters. The molecule has 0 spiro atoms. The number of halogens is 1. The third kappa shape index (κ3) is 14.2. The molecule has 2 aromatic rings. The van der Waals surface area contributed by atoms with E-state index < -0.39 is 11.9 Å². The molecular formula is C23H30BFO4Y-. The third-order valence-electron chi connectivity index (χ3n) is 3.08. The molecule has 0 atom stereocenters. The first kappa shape index (κ1) is 35.6. The van der Waals surface area contributed by atoms with Gasteiger partial charge in [-0.2, -0.15) is 11.6 Å². The van der Waals surface area contributed by atoms with Crippen LogP contribution in [0.1, 0.15) is 56.1 Å². The van der Waals surface area contributed by atoms with Crippen molar-refractivity contribution in [3.63, 3.8) is 0 Å². The molecule has 0 aliphatic heterocycles. The molecule has 0 amide bonds. The summed E-state index contributed by atoms with van der Waals surface area (Å²) in [4.78, 5) is 22.5. The van der Waals surface area contributed by atoms with Gasteiger partial charge in [0.1, 0.15) is 5.75 Å². The summed E-state index contributed by atoms with van der Waals surface area (Å²) in [6.45, 7) is 11.6. The molecule has 4 nitrogen and oxygen atoms in total. The Morgan fingerprint density at radius 2 is 1.27 bits per heavy atom. The summed E-state index contributed by atoms with van der Waals surface area (Å²) in [5, 5.41) is 8.66. The number of rotatable bonds is 4. The summed E-state index contributed by atoms with van der Waals surface area (Å²) in [5.74, 6) is -1.15. The van der Waals surface area contributed by atoms with E-state index in [2.05, 4.69) is 6.08 Å². The van der Waals surface area contributed by atoms with Crippen LogP contribution >= 0.6 is 0 Å². The molecule has 1 N–H and O–H groups in total. The molecule has 0 saturated carbocycles. The largest absolute Gasteiger partial charge is 0.492 e. The van der Waals surface area contributed by atoms with Crippen molar-refractivity contribution in [3.05, 3.63) is 71.3 Å². The molecule has 160 valence electrons. The number of allylic oxidation sites excluding steroid dienone is 1. The number of carboxylic acids is 1. The van der Waals surface area contributed by atoms with Crippen LogP contribution in [0.3, 0.4) is 0 Å². The van der Waals surface area contributed by atoms with Gasteiger partial charge in [-0.05, 0) is 31.2 Å². The molecular weight excluding hydrogens is 459 g/mol. The maximum atomic E-state index is 12.0. The number of esters is 1. The second-order valence-electron chi connectivity index (χ2n) is 4.84. The fraction of sp³-hybridized carbons (Fsp3) is 0.304. The fourth-order valence-corrected chi connectivity index (χ4v) is 1.86.